The molecule has 0 saturated heterocycles. The van der Waals surface area contributed by atoms with Crippen molar-refractivity contribution < 1.29 is 9.90 Å². The highest BCUT2D eigenvalue weighted by molar-refractivity contribution is 7.97. The molecule has 2 nitrogen and oxygen atoms in total. The second kappa shape index (κ2) is 7.32. The summed E-state index contributed by atoms with van der Waals surface area (Å²) in [5.74, 6) is 0.286. The van der Waals surface area contributed by atoms with Crippen molar-refractivity contribution in [2.75, 3.05) is 6.26 Å². The third-order valence-corrected chi connectivity index (χ3v) is 4.12. The van der Waals surface area contributed by atoms with Crippen LogP contribution in [0.25, 0.3) is 11.1 Å². The zero-order valence-electron chi connectivity index (χ0n) is 12.4. The van der Waals surface area contributed by atoms with E-state index in [0.29, 0.717) is 6.42 Å². The van der Waals surface area contributed by atoms with Gasteiger partial charge in [-0.3, -0.25) is 4.79 Å². The first kappa shape index (κ1) is 15.6. The van der Waals surface area contributed by atoms with Crippen molar-refractivity contribution in [2.24, 2.45) is 0 Å². The summed E-state index contributed by atoms with van der Waals surface area (Å²) in [6, 6.07) is 14.9. The number of aryl methyl sites for hydroxylation is 2. The van der Waals surface area contributed by atoms with Gasteiger partial charge in [0.15, 0.2) is 0 Å². The van der Waals surface area contributed by atoms with E-state index in [0.717, 1.165) is 11.3 Å². The molecule has 21 heavy (non-hydrogen) atoms. The lowest BCUT2D eigenvalue weighted by atomic mass is 9.96. The van der Waals surface area contributed by atoms with Gasteiger partial charge in [-0.05, 0) is 47.4 Å². The monoisotopic (exact) mass is 300 g/mol. The van der Waals surface area contributed by atoms with E-state index >= 15 is 0 Å². The molecule has 2 aromatic rings. The number of carboxylic acid groups (broad SMARTS) is 1. The smallest absolute Gasteiger partial charge is 0.303 e. The van der Waals surface area contributed by atoms with Crippen molar-refractivity contribution in [3.63, 3.8) is 0 Å². The summed E-state index contributed by atoms with van der Waals surface area (Å²) in [5, 5.41) is 8.74. The molecular formula is C18H20O2S. The molecule has 0 aliphatic carbocycles. The van der Waals surface area contributed by atoms with Crippen molar-refractivity contribution in [3.05, 3.63) is 59.2 Å². The number of aliphatic carboxylic acids is 1. The molecule has 0 heterocycles. The van der Waals surface area contributed by atoms with E-state index in [1.54, 1.807) is 0 Å². The van der Waals surface area contributed by atoms with Crippen LogP contribution in [0, 0.1) is 6.92 Å². The Morgan fingerprint density at radius 3 is 2.33 bits per heavy atom. The lowest BCUT2D eigenvalue weighted by molar-refractivity contribution is -0.136. The summed E-state index contributed by atoms with van der Waals surface area (Å²) >= 11 is 1.82. The van der Waals surface area contributed by atoms with E-state index in [1.165, 1.54) is 22.3 Å². The summed E-state index contributed by atoms with van der Waals surface area (Å²) in [6.07, 6.45) is 2.87. The fourth-order valence-corrected chi connectivity index (χ4v) is 2.93. The molecule has 0 radical (unpaired) electrons. The van der Waals surface area contributed by atoms with Crippen LogP contribution in [0.5, 0.6) is 0 Å². The molecule has 0 aliphatic heterocycles. The maximum atomic E-state index is 10.6. The molecule has 0 bridgehead atoms. The third kappa shape index (κ3) is 4.36. The van der Waals surface area contributed by atoms with Crippen LogP contribution in [-0.4, -0.2) is 17.3 Å². The van der Waals surface area contributed by atoms with Crippen molar-refractivity contribution in [1.82, 2.24) is 0 Å². The van der Waals surface area contributed by atoms with Gasteiger partial charge >= 0.3 is 5.97 Å². The molecule has 2 aromatic carbocycles. The second-order valence-electron chi connectivity index (χ2n) is 5.17. The Morgan fingerprint density at radius 2 is 1.76 bits per heavy atom. The molecule has 0 amide bonds. The fraction of sp³-hybridized carbons (Fsp3) is 0.278. The first-order valence-corrected chi connectivity index (χ1v) is 8.39. The van der Waals surface area contributed by atoms with Crippen LogP contribution in [0.2, 0.25) is 0 Å². The van der Waals surface area contributed by atoms with Crippen molar-refractivity contribution >= 4 is 17.7 Å². The molecule has 0 atom stereocenters. The van der Waals surface area contributed by atoms with Crippen LogP contribution in [0.15, 0.2) is 42.5 Å². The Balaban J connectivity index is 2.18. The number of hydrogen-bond donors (Lipinski definition) is 1. The summed E-state index contributed by atoms with van der Waals surface area (Å²) in [4.78, 5) is 10.6. The second-order valence-corrected chi connectivity index (χ2v) is 6.04. The number of carboxylic acids is 1. The normalized spacial score (nSPS) is 10.6. The standard InChI is InChI=1S/C18H20O2S/c1-13-11-14(6-10-18(19)20)5-9-17(13)16-7-3-15(4-8-16)12-21-2/h3-5,7-9,11H,6,10,12H2,1-2H3,(H,19,20). The van der Waals surface area contributed by atoms with E-state index in [2.05, 4.69) is 49.6 Å². The van der Waals surface area contributed by atoms with Crippen LogP contribution in [0.3, 0.4) is 0 Å². The molecule has 3 heteroatoms. The zero-order chi connectivity index (χ0) is 15.2. The van der Waals surface area contributed by atoms with Crippen LogP contribution in [0.1, 0.15) is 23.1 Å². The summed E-state index contributed by atoms with van der Waals surface area (Å²) in [5.41, 5.74) is 6.03. The molecule has 2 rings (SSSR count). The lowest BCUT2D eigenvalue weighted by Gasteiger charge is -2.09. The molecule has 0 saturated carbocycles. The minimum Gasteiger partial charge on any atom is -0.481 e. The van der Waals surface area contributed by atoms with Gasteiger partial charge in [0.25, 0.3) is 0 Å². The summed E-state index contributed by atoms with van der Waals surface area (Å²) < 4.78 is 0. The quantitative estimate of drug-likeness (QED) is 0.851. The third-order valence-electron chi connectivity index (χ3n) is 3.49. The molecular weight excluding hydrogens is 280 g/mol. The molecule has 1 N–H and O–H groups in total. The van der Waals surface area contributed by atoms with Gasteiger partial charge in [0.1, 0.15) is 0 Å². The van der Waals surface area contributed by atoms with Crippen LogP contribution in [-0.2, 0) is 17.0 Å². The summed E-state index contributed by atoms with van der Waals surface area (Å²) in [7, 11) is 0. The van der Waals surface area contributed by atoms with Gasteiger partial charge in [-0.15, -0.1) is 0 Å². The van der Waals surface area contributed by atoms with Gasteiger partial charge in [-0.25, -0.2) is 0 Å². The minimum absolute atomic E-state index is 0.183. The molecule has 0 aromatic heterocycles. The van der Waals surface area contributed by atoms with Crippen molar-refractivity contribution in [2.45, 2.75) is 25.5 Å². The van der Waals surface area contributed by atoms with Crippen molar-refractivity contribution in [1.29, 1.82) is 0 Å². The Bertz CT molecular complexity index is 618. The topological polar surface area (TPSA) is 37.3 Å². The summed E-state index contributed by atoms with van der Waals surface area (Å²) in [6.45, 7) is 2.08. The van der Waals surface area contributed by atoms with E-state index in [4.69, 9.17) is 5.11 Å². The number of carbonyl (C=O) groups is 1. The number of rotatable bonds is 6. The van der Waals surface area contributed by atoms with E-state index in [-0.39, 0.29) is 6.42 Å². The zero-order valence-corrected chi connectivity index (χ0v) is 13.2. The molecule has 0 unspecified atom stereocenters. The molecule has 110 valence electrons. The van der Waals surface area contributed by atoms with Gasteiger partial charge in [0.05, 0.1) is 0 Å². The molecule has 0 aliphatic rings. The maximum absolute atomic E-state index is 10.6. The highest BCUT2D eigenvalue weighted by Crippen LogP contribution is 2.25. The van der Waals surface area contributed by atoms with E-state index in [1.807, 2.05) is 17.8 Å². The van der Waals surface area contributed by atoms with Gasteiger partial charge in [0, 0.05) is 12.2 Å². The van der Waals surface area contributed by atoms with Crippen LogP contribution < -0.4 is 0 Å². The molecule has 0 spiro atoms. The fourth-order valence-electron chi connectivity index (χ4n) is 2.40. The largest absolute Gasteiger partial charge is 0.481 e. The predicted octanol–water partition coefficient (Wildman–Crippen LogP) is 4.54. The number of hydrogen-bond acceptors (Lipinski definition) is 2. The van der Waals surface area contributed by atoms with Crippen molar-refractivity contribution in [3.8, 4) is 11.1 Å². The highest BCUT2D eigenvalue weighted by Gasteiger charge is 2.05. The SMILES string of the molecule is CSCc1ccc(-c2ccc(CCC(=O)O)cc2C)cc1. The minimum atomic E-state index is -0.749. The maximum Gasteiger partial charge on any atom is 0.303 e. The lowest BCUT2D eigenvalue weighted by Crippen LogP contribution is -1.98. The van der Waals surface area contributed by atoms with Gasteiger partial charge in [-0.2, -0.15) is 11.8 Å². The van der Waals surface area contributed by atoms with Gasteiger partial charge < -0.3 is 5.11 Å². The molecule has 0 fully saturated rings. The highest BCUT2D eigenvalue weighted by atomic mass is 32.2. The average molecular weight is 300 g/mol. The average Bonchev–Trinajstić information content (AvgIpc) is 2.47. The number of benzene rings is 2. The first-order chi connectivity index (χ1) is 10.1. The Hall–Kier alpha value is -1.74. The Morgan fingerprint density at radius 1 is 1.10 bits per heavy atom. The van der Waals surface area contributed by atoms with Crippen LogP contribution in [0.4, 0.5) is 0 Å². The predicted molar refractivity (Wildman–Crippen MR) is 89.8 cm³/mol. The number of thioether (sulfide) groups is 1. The van der Waals surface area contributed by atoms with Gasteiger partial charge in [0.2, 0.25) is 0 Å². The van der Waals surface area contributed by atoms with E-state index in [9.17, 15) is 4.79 Å². The first-order valence-electron chi connectivity index (χ1n) is 6.99. The Kier molecular flexibility index (Phi) is 5.45. The Labute approximate surface area is 130 Å². The van der Waals surface area contributed by atoms with E-state index < -0.39 is 5.97 Å². The van der Waals surface area contributed by atoms with Crippen LogP contribution >= 0.6 is 11.8 Å². The van der Waals surface area contributed by atoms with Gasteiger partial charge in [-0.1, -0.05) is 42.5 Å².